The third kappa shape index (κ3) is 3.15. The van der Waals surface area contributed by atoms with E-state index < -0.39 is 20.4 Å². The van der Waals surface area contributed by atoms with E-state index in [-0.39, 0.29) is 10.5 Å². The van der Waals surface area contributed by atoms with Gasteiger partial charge in [-0.2, -0.15) is 16.8 Å². The molecule has 0 aromatic heterocycles. The quantitative estimate of drug-likeness (QED) is 0.599. The third-order valence-electron chi connectivity index (χ3n) is 1.71. The molecule has 0 unspecified atom stereocenters. The van der Waals surface area contributed by atoms with Crippen LogP contribution in [0.15, 0.2) is 23.1 Å². The first-order valence-electron chi connectivity index (χ1n) is 3.82. The van der Waals surface area contributed by atoms with Crippen LogP contribution in [0.1, 0.15) is 11.1 Å². The molecule has 5 nitrogen and oxygen atoms in total. The maximum absolute atomic E-state index is 10.8. The Kier molecular flexibility index (Phi) is 3.28. The molecule has 0 amide bonds. The van der Waals surface area contributed by atoms with Crippen molar-refractivity contribution in [3.05, 3.63) is 29.3 Å². The lowest BCUT2D eigenvalue weighted by Gasteiger charge is -2.02. The molecular formula is C8H8O5S2. The average molecular weight is 248 g/mol. The van der Waals surface area contributed by atoms with Gasteiger partial charge in [-0.15, -0.1) is 0 Å². The van der Waals surface area contributed by atoms with Crippen LogP contribution in [0, 0.1) is 6.92 Å². The molecule has 0 radical (unpaired) electrons. The van der Waals surface area contributed by atoms with Gasteiger partial charge in [-0.3, -0.25) is 4.55 Å². The molecule has 0 saturated heterocycles. The number of rotatable bonds is 2. The van der Waals surface area contributed by atoms with E-state index in [9.17, 15) is 16.8 Å². The molecule has 1 aromatic carbocycles. The second-order valence-corrected chi connectivity index (χ2v) is 5.02. The Hall–Kier alpha value is -1.18. The van der Waals surface area contributed by atoms with Crippen molar-refractivity contribution in [2.45, 2.75) is 11.8 Å². The predicted molar refractivity (Wildman–Crippen MR) is 55.1 cm³/mol. The van der Waals surface area contributed by atoms with Crippen LogP contribution < -0.4 is 0 Å². The van der Waals surface area contributed by atoms with Crippen LogP contribution in [-0.2, 0) is 20.4 Å². The van der Waals surface area contributed by atoms with E-state index in [1.165, 1.54) is 19.1 Å². The van der Waals surface area contributed by atoms with Crippen molar-refractivity contribution in [1.82, 2.24) is 0 Å². The maximum Gasteiger partial charge on any atom is 0.294 e. The molecule has 1 aromatic rings. The fourth-order valence-corrected chi connectivity index (χ4v) is 2.22. The van der Waals surface area contributed by atoms with E-state index in [1.807, 2.05) is 0 Å². The summed E-state index contributed by atoms with van der Waals surface area (Å²) in [7, 11) is -6.59. The molecule has 1 rings (SSSR count). The second kappa shape index (κ2) is 4.13. The minimum Gasteiger partial charge on any atom is -0.282 e. The van der Waals surface area contributed by atoms with Crippen molar-refractivity contribution in [2.24, 2.45) is 0 Å². The standard InChI is InChI=1S/C8H8O5S2/c1-6-4-7(5-14(9)10)2-3-8(6)15(11,12)13/h2-5H,1H3,(H,11,12,13). The van der Waals surface area contributed by atoms with Crippen LogP contribution in [0.4, 0.5) is 0 Å². The SMILES string of the molecule is Cc1cc(C=S(=O)=O)ccc1S(=O)(=O)O. The van der Waals surface area contributed by atoms with Crippen LogP contribution >= 0.6 is 0 Å². The molecule has 0 aliphatic heterocycles. The normalized spacial score (nSPS) is 11.1. The van der Waals surface area contributed by atoms with Gasteiger partial charge >= 0.3 is 0 Å². The molecule has 0 saturated carbocycles. The molecule has 0 spiro atoms. The first-order valence-corrected chi connectivity index (χ1v) is 6.39. The van der Waals surface area contributed by atoms with Gasteiger partial charge < -0.3 is 0 Å². The van der Waals surface area contributed by atoms with Gasteiger partial charge in [-0.1, -0.05) is 6.07 Å². The van der Waals surface area contributed by atoms with Crippen molar-refractivity contribution in [1.29, 1.82) is 0 Å². The zero-order valence-electron chi connectivity index (χ0n) is 7.71. The van der Waals surface area contributed by atoms with E-state index in [4.69, 9.17) is 4.55 Å². The first kappa shape index (κ1) is 11.9. The Morgan fingerprint density at radius 1 is 1.33 bits per heavy atom. The fraction of sp³-hybridized carbons (Fsp3) is 0.125. The second-order valence-electron chi connectivity index (χ2n) is 2.88. The summed E-state index contributed by atoms with van der Waals surface area (Å²) >= 11 is 0. The summed E-state index contributed by atoms with van der Waals surface area (Å²) < 4.78 is 51.1. The zero-order chi connectivity index (χ0) is 11.6. The lowest BCUT2D eigenvalue weighted by atomic mass is 10.2. The molecule has 0 aliphatic carbocycles. The molecule has 82 valence electrons. The summed E-state index contributed by atoms with van der Waals surface area (Å²) in [5.41, 5.74) is 0.643. The monoisotopic (exact) mass is 248 g/mol. The Balaban J connectivity index is 3.39. The van der Waals surface area contributed by atoms with Gasteiger partial charge in [0.15, 0.2) is 0 Å². The molecule has 0 fully saturated rings. The van der Waals surface area contributed by atoms with Crippen LogP contribution in [0.2, 0.25) is 0 Å². The van der Waals surface area contributed by atoms with E-state index in [1.54, 1.807) is 0 Å². The van der Waals surface area contributed by atoms with Gasteiger partial charge in [0.25, 0.3) is 10.1 Å². The van der Waals surface area contributed by atoms with E-state index in [2.05, 4.69) is 0 Å². The summed E-state index contributed by atoms with van der Waals surface area (Å²) in [5.74, 6) is 0. The van der Waals surface area contributed by atoms with Crippen molar-refractivity contribution in [3.8, 4) is 0 Å². The average Bonchev–Trinajstić information content (AvgIpc) is 1.99. The highest BCUT2D eigenvalue weighted by atomic mass is 32.2. The largest absolute Gasteiger partial charge is 0.294 e. The summed E-state index contributed by atoms with van der Waals surface area (Å²) in [4.78, 5) is -0.226. The lowest BCUT2D eigenvalue weighted by Crippen LogP contribution is -2.01. The lowest BCUT2D eigenvalue weighted by molar-refractivity contribution is 0.482. The Morgan fingerprint density at radius 2 is 1.93 bits per heavy atom. The number of benzene rings is 1. The number of hydrogen-bond acceptors (Lipinski definition) is 4. The van der Waals surface area contributed by atoms with Crippen LogP contribution in [0.5, 0.6) is 0 Å². The third-order valence-corrected chi connectivity index (χ3v) is 3.19. The molecular weight excluding hydrogens is 240 g/mol. The maximum atomic E-state index is 10.8. The Bertz CT molecular complexity index is 602. The van der Waals surface area contributed by atoms with Gasteiger partial charge in [-0.25, -0.2) is 0 Å². The summed E-state index contributed by atoms with van der Waals surface area (Å²) in [6, 6.07) is 3.81. The van der Waals surface area contributed by atoms with Crippen LogP contribution in [0.25, 0.3) is 0 Å². The zero-order valence-corrected chi connectivity index (χ0v) is 9.34. The van der Waals surface area contributed by atoms with Crippen LogP contribution in [0.3, 0.4) is 0 Å². The van der Waals surface area contributed by atoms with E-state index in [0.29, 0.717) is 5.56 Å². The van der Waals surface area contributed by atoms with E-state index >= 15 is 0 Å². The van der Waals surface area contributed by atoms with Gasteiger partial charge in [0, 0.05) is 0 Å². The van der Waals surface area contributed by atoms with E-state index in [0.717, 1.165) is 11.4 Å². The summed E-state index contributed by atoms with van der Waals surface area (Å²) in [5, 5.41) is 0.945. The molecule has 7 heteroatoms. The number of hydrogen-bond donors (Lipinski definition) is 1. The van der Waals surface area contributed by atoms with Gasteiger partial charge in [0.05, 0.1) is 10.3 Å². The number of aryl methyl sites for hydroxylation is 1. The molecule has 0 atom stereocenters. The summed E-state index contributed by atoms with van der Waals surface area (Å²) in [6.45, 7) is 1.47. The molecule has 15 heavy (non-hydrogen) atoms. The van der Waals surface area contributed by atoms with Crippen molar-refractivity contribution < 1.29 is 21.4 Å². The molecule has 1 N–H and O–H groups in total. The smallest absolute Gasteiger partial charge is 0.282 e. The minimum atomic E-state index is -4.25. The van der Waals surface area contributed by atoms with Crippen LogP contribution in [-0.4, -0.2) is 26.8 Å². The Labute approximate surface area is 88.7 Å². The Morgan fingerprint density at radius 3 is 2.33 bits per heavy atom. The predicted octanol–water partition coefficient (Wildman–Crippen LogP) is 0.271. The topological polar surface area (TPSA) is 88.5 Å². The molecule has 0 heterocycles. The van der Waals surface area contributed by atoms with Gasteiger partial charge in [-0.05, 0) is 30.2 Å². The summed E-state index contributed by atoms with van der Waals surface area (Å²) in [6.07, 6.45) is 0. The highest BCUT2D eigenvalue weighted by Gasteiger charge is 2.12. The molecule has 0 aliphatic rings. The van der Waals surface area contributed by atoms with Crippen molar-refractivity contribution in [3.63, 3.8) is 0 Å². The van der Waals surface area contributed by atoms with Crippen molar-refractivity contribution in [2.75, 3.05) is 0 Å². The molecule has 0 bridgehead atoms. The highest BCUT2D eigenvalue weighted by molar-refractivity contribution is 7.85. The first-order chi connectivity index (χ1) is 6.80. The van der Waals surface area contributed by atoms with Gasteiger partial charge in [0.1, 0.15) is 0 Å². The van der Waals surface area contributed by atoms with Crippen molar-refractivity contribution >= 4 is 25.8 Å². The minimum absolute atomic E-state index is 0.226. The fourth-order valence-electron chi connectivity index (χ4n) is 1.15. The van der Waals surface area contributed by atoms with Gasteiger partial charge in [0.2, 0.25) is 10.3 Å². The highest BCUT2D eigenvalue weighted by Crippen LogP contribution is 2.15.